The lowest BCUT2D eigenvalue weighted by molar-refractivity contribution is -0.00688. The first-order valence-corrected chi connectivity index (χ1v) is 12.4. The molecule has 0 aliphatic heterocycles. The minimum Gasteiger partial charge on any atom is -0.316 e. The van der Waals surface area contributed by atoms with Gasteiger partial charge >= 0.3 is 11.1 Å². The second-order valence-corrected chi connectivity index (χ2v) is 10.8. The van der Waals surface area contributed by atoms with Crippen LogP contribution >= 0.6 is 11.3 Å². The molecule has 32 heavy (non-hydrogen) atoms. The summed E-state index contributed by atoms with van der Waals surface area (Å²) in [6.45, 7) is 2.20. The Morgan fingerprint density at radius 2 is 1.88 bits per heavy atom. The number of thiazole rings is 1. The molecule has 8 heteroatoms. The summed E-state index contributed by atoms with van der Waals surface area (Å²) in [5, 5.41) is 5.70. The van der Waals surface area contributed by atoms with Crippen LogP contribution in [0.1, 0.15) is 61.5 Å². The van der Waals surface area contributed by atoms with Crippen LogP contribution in [0.2, 0.25) is 0 Å². The fourth-order valence-electron chi connectivity index (χ4n) is 6.90. The largest absolute Gasteiger partial charge is 0.316 e. The molecule has 4 fully saturated rings. The van der Waals surface area contributed by atoms with Crippen molar-refractivity contribution in [2.24, 2.45) is 17.8 Å². The molecule has 0 saturated heterocycles. The van der Waals surface area contributed by atoms with E-state index in [0.29, 0.717) is 28.3 Å². The molecule has 166 valence electrons. The summed E-state index contributed by atoms with van der Waals surface area (Å²) in [7, 11) is 0. The fraction of sp³-hybridized carbons (Fsp3) is 0.500. The van der Waals surface area contributed by atoms with Gasteiger partial charge in [0, 0.05) is 22.9 Å². The van der Waals surface area contributed by atoms with Crippen LogP contribution in [0.3, 0.4) is 0 Å². The van der Waals surface area contributed by atoms with Crippen molar-refractivity contribution in [2.75, 3.05) is 5.32 Å². The highest BCUT2D eigenvalue weighted by Gasteiger charge is 2.52. The number of hydrogen-bond acceptors (Lipinski definition) is 5. The number of aryl methyl sites for hydroxylation is 1. The summed E-state index contributed by atoms with van der Waals surface area (Å²) in [6, 6.07) is 4.99. The van der Waals surface area contributed by atoms with Crippen LogP contribution in [0.4, 0.5) is 5.13 Å². The molecule has 0 unspecified atom stereocenters. The lowest BCUT2D eigenvalue weighted by atomic mass is 9.49. The number of anilines is 1. The highest BCUT2D eigenvalue weighted by atomic mass is 32.1. The van der Waals surface area contributed by atoms with Gasteiger partial charge in [-0.2, -0.15) is 0 Å². The van der Waals surface area contributed by atoms with Gasteiger partial charge in [-0.1, -0.05) is 0 Å². The minimum absolute atomic E-state index is 0.209. The Hall–Kier alpha value is -2.74. The first-order valence-electron chi connectivity index (χ1n) is 11.5. The van der Waals surface area contributed by atoms with Gasteiger partial charge in [0.25, 0.3) is 5.91 Å². The van der Waals surface area contributed by atoms with Gasteiger partial charge in [-0.3, -0.25) is 19.7 Å². The van der Waals surface area contributed by atoms with Gasteiger partial charge in [0.15, 0.2) is 5.13 Å². The van der Waals surface area contributed by atoms with Crippen LogP contribution in [0.5, 0.6) is 0 Å². The summed E-state index contributed by atoms with van der Waals surface area (Å²) in [4.78, 5) is 44.4. The Kier molecular flexibility index (Phi) is 4.44. The summed E-state index contributed by atoms with van der Waals surface area (Å²) in [6.07, 6.45) is 7.91. The SMILES string of the molecule is CCn1c(=O)c(=O)[nH]c2cc(C(=O)Nc3nc(C45CC6CC(CC(C6)C4)C5)cs3)ccc21. The number of fused-ring (bicyclic) bond motifs is 1. The lowest BCUT2D eigenvalue weighted by Gasteiger charge is -2.56. The second kappa shape index (κ2) is 7.13. The number of aromatic nitrogens is 3. The number of carbonyl (C=O) groups excluding carboxylic acids is 1. The third kappa shape index (κ3) is 3.07. The Labute approximate surface area is 188 Å². The van der Waals surface area contributed by atoms with E-state index in [1.807, 2.05) is 6.92 Å². The van der Waals surface area contributed by atoms with E-state index in [2.05, 4.69) is 15.7 Å². The first kappa shape index (κ1) is 19.9. The van der Waals surface area contributed by atoms with Gasteiger partial charge < -0.3 is 9.55 Å². The van der Waals surface area contributed by atoms with E-state index < -0.39 is 11.1 Å². The maximum absolute atomic E-state index is 12.9. The number of nitrogens with zero attached hydrogens (tertiary/aromatic N) is 2. The van der Waals surface area contributed by atoms with E-state index in [-0.39, 0.29) is 11.3 Å². The van der Waals surface area contributed by atoms with Gasteiger partial charge in [0.2, 0.25) is 0 Å². The van der Waals surface area contributed by atoms with E-state index in [1.165, 1.54) is 54.4 Å². The zero-order valence-corrected chi connectivity index (χ0v) is 18.8. The summed E-state index contributed by atoms with van der Waals surface area (Å²) in [5.41, 5.74) is 1.59. The Balaban J connectivity index is 1.26. The predicted molar refractivity (Wildman–Crippen MR) is 124 cm³/mol. The van der Waals surface area contributed by atoms with E-state index in [1.54, 1.807) is 18.2 Å². The molecule has 4 aliphatic carbocycles. The molecule has 4 bridgehead atoms. The van der Waals surface area contributed by atoms with Crippen molar-refractivity contribution < 1.29 is 4.79 Å². The topological polar surface area (TPSA) is 96.9 Å². The molecule has 2 aromatic heterocycles. The number of rotatable bonds is 4. The third-order valence-corrected chi connectivity index (χ3v) is 8.62. The van der Waals surface area contributed by atoms with E-state index in [0.717, 1.165) is 23.4 Å². The predicted octanol–water partition coefficient (Wildman–Crippen LogP) is 3.89. The molecule has 4 saturated carbocycles. The highest BCUT2D eigenvalue weighted by molar-refractivity contribution is 7.14. The summed E-state index contributed by atoms with van der Waals surface area (Å²) < 4.78 is 1.41. The second-order valence-electron chi connectivity index (χ2n) is 9.93. The maximum Gasteiger partial charge on any atom is 0.316 e. The van der Waals surface area contributed by atoms with Crippen molar-refractivity contribution in [1.29, 1.82) is 0 Å². The number of hydrogen-bond donors (Lipinski definition) is 2. The molecule has 1 amide bonds. The van der Waals surface area contributed by atoms with Gasteiger partial charge in [-0.15, -0.1) is 11.3 Å². The van der Waals surface area contributed by atoms with E-state index >= 15 is 0 Å². The number of aromatic amines is 1. The number of H-pyrrole nitrogens is 1. The molecule has 7 rings (SSSR count). The van der Waals surface area contributed by atoms with Crippen LogP contribution in [-0.4, -0.2) is 20.4 Å². The van der Waals surface area contributed by atoms with Crippen LogP contribution in [-0.2, 0) is 12.0 Å². The van der Waals surface area contributed by atoms with Crippen molar-refractivity contribution in [2.45, 2.75) is 57.4 Å². The number of benzene rings is 1. The first-order chi connectivity index (χ1) is 15.4. The smallest absolute Gasteiger partial charge is 0.316 e. The molecule has 2 N–H and O–H groups in total. The molecule has 1 aromatic carbocycles. The third-order valence-electron chi connectivity index (χ3n) is 7.86. The number of nitrogens with one attached hydrogen (secondary N) is 2. The quantitative estimate of drug-likeness (QED) is 0.590. The van der Waals surface area contributed by atoms with Gasteiger partial charge in [-0.25, -0.2) is 4.98 Å². The molecular formula is C24H26N4O3S. The van der Waals surface area contributed by atoms with Crippen LogP contribution in [0.15, 0.2) is 33.2 Å². The Morgan fingerprint density at radius 1 is 1.19 bits per heavy atom. The summed E-state index contributed by atoms with van der Waals surface area (Å²) in [5.74, 6) is 2.28. The molecular weight excluding hydrogens is 424 g/mol. The van der Waals surface area contributed by atoms with Crippen LogP contribution in [0.25, 0.3) is 11.0 Å². The molecule has 2 heterocycles. The van der Waals surface area contributed by atoms with Crippen molar-refractivity contribution in [1.82, 2.24) is 14.5 Å². The van der Waals surface area contributed by atoms with E-state index in [4.69, 9.17) is 4.98 Å². The minimum atomic E-state index is -0.683. The lowest BCUT2D eigenvalue weighted by Crippen LogP contribution is -2.48. The van der Waals surface area contributed by atoms with Crippen molar-refractivity contribution in [3.8, 4) is 0 Å². The molecule has 0 radical (unpaired) electrons. The zero-order valence-electron chi connectivity index (χ0n) is 18.0. The molecule has 0 spiro atoms. The molecule has 7 nitrogen and oxygen atoms in total. The zero-order chi connectivity index (χ0) is 22.0. The average Bonchev–Trinajstić information content (AvgIpc) is 3.23. The van der Waals surface area contributed by atoms with Crippen LogP contribution < -0.4 is 16.4 Å². The Bertz CT molecular complexity index is 1320. The summed E-state index contributed by atoms with van der Waals surface area (Å²) >= 11 is 1.49. The van der Waals surface area contributed by atoms with Gasteiger partial charge in [0.05, 0.1) is 16.7 Å². The monoisotopic (exact) mass is 450 g/mol. The fourth-order valence-corrected chi connectivity index (χ4v) is 7.73. The highest BCUT2D eigenvalue weighted by Crippen LogP contribution is 2.60. The normalized spacial score (nSPS) is 28.3. The molecule has 4 aliphatic rings. The van der Waals surface area contributed by atoms with Crippen molar-refractivity contribution >= 4 is 33.4 Å². The van der Waals surface area contributed by atoms with Gasteiger partial charge in [0.1, 0.15) is 0 Å². The average molecular weight is 451 g/mol. The van der Waals surface area contributed by atoms with Crippen LogP contribution in [0, 0.1) is 17.8 Å². The molecule has 3 aromatic rings. The van der Waals surface area contributed by atoms with Crippen molar-refractivity contribution in [3.05, 3.63) is 55.5 Å². The maximum atomic E-state index is 12.9. The number of carbonyl (C=O) groups is 1. The number of amides is 1. The van der Waals surface area contributed by atoms with E-state index in [9.17, 15) is 14.4 Å². The molecule has 0 atom stereocenters. The van der Waals surface area contributed by atoms with Crippen molar-refractivity contribution in [3.63, 3.8) is 0 Å². The Morgan fingerprint density at radius 3 is 2.53 bits per heavy atom. The standard InChI is InChI=1S/C24H26N4O3S/c1-2-28-18-4-3-16(8-17(18)25-21(30)22(28)31)20(29)27-23-26-19(12-32-23)24-9-13-5-14(10-24)7-15(6-13)11-24/h3-4,8,12-15H,2,5-7,9-11H2,1H3,(H,25,30)(H,26,27,29). The van der Waals surface area contributed by atoms with Gasteiger partial charge in [-0.05, 0) is 81.4 Å².